The van der Waals surface area contributed by atoms with Gasteiger partial charge in [-0.25, -0.2) is 8.42 Å². The predicted octanol–water partition coefficient (Wildman–Crippen LogP) is 4.34. The number of rotatable bonds is 6. The van der Waals surface area contributed by atoms with Crippen LogP contribution >= 0.6 is 0 Å². The molecule has 1 amide bonds. The fourth-order valence-electron chi connectivity index (χ4n) is 4.92. The molecule has 202 valence electrons. The van der Waals surface area contributed by atoms with Crippen LogP contribution < -0.4 is 0 Å². The van der Waals surface area contributed by atoms with Gasteiger partial charge in [0.15, 0.2) is 0 Å². The Morgan fingerprint density at radius 2 is 1.61 bits per heavy atom. The largest absolute Gasteiger partial charge is 0.394 e. The molecule has 38 heavy (non-hydrogen) atoms. The van der Waals surface area contributed by atoms with Gasteiger partial charge in [-0.2, -0.15) is 4.31 Å². The molecule has 0 saturated heterocycles. The van der Waals surface area contributed by atoms with E-state index in [-0.39, 0.29) is 36.5 Å². The van der Waals surface area contributed by atoms with Crippen molar-refractivity contribution in [2.24, 2.45) is 5.92 Å². The smallest absolute Gasteiger partial charge is 0.254 e. The van der Waals surface area contributed by atoms with Gasteiger partial charge in [0.25, 0.3) is 5.91 Å². The van der Waals surface area contributed by atoms with E-state index in [1.54, 1.807) is 37.1 Å². The quantitative estimate of drug-likeness (QED) is 0.507. The van der Waals surface area contributed by atoms with Crippen molar-refractivity contribution < 1.29 is 23.1 Å². The number of hydrogen-bond donors (Lipinski definition) is 1. The number of carbonyl (C=O) groups excluding carboxylic acids is 1. The summed E-state index contributed by atoms with van der Waals surface area (Å²) in [5, 5.41) is 10.00. The van der Waals surface area contributed by atoms with Gasteiger partial charge in [0.05, 0.1) is 30.3 Å². The molecule has 1 N–H and O–H groups in total. The Labute approximate surface area is 225 Å². The molecule has 4 rings (SSSR count). The second-order valence-corrected chi connectivity index (χ2v) is 12.1. The summed E-state index contributed by atoms with van der Waals surface area (Å²) in [6.07, 6.45) is -0.505. The van der Waals surface area contributed by atoms with Crippen LogP contribution in [0.3, 0.4) is 0 Å². The molecule has 1 aliphatic rings. The molecule has 1 heterocycles. The number of fused-ring (bicyclic) bond motifs is 3. The lowest BCUT2D eigenvalue weighted by molar-refractivity contribution is -0.0146. The summed E-state index contributed by atoms with van der Waals surface area (Å²) >= 11 is 0. The van der Waals surface area contributed by atoms with Crippen LogP contribution in [0.25, 0.3) is 11.1 Å². The molecule has 7 nitrogen and oxygen atoms in total. The van der Waals surface area contributed by atoms with Crippen LogP contribution in [0, 0.1) is 12.8 Å². The molecule has 0 fully saturated rings. The van der Waals surface area contributed by atoms with E-state index in [2.05, 4.69) is 0 Å². The Morgan fingerprint density at radius 1 is 1.00 bits per heavy atom. The van der Waals surface area contributed by atoms with Gasteiger partial charge in [-0.15, -0.1) is 0 Å². The maximum atomic E-state index is 13.9. The number of carbonyl (C=O) groups is 1. The first-order chi connectivity index (χ1) is 18.1. The van der Waals surface area contributed by atoms with Crippen molar-refractivity contribution in [2.45, 2.75) is 44.4 Å². The number of amides is 1. The number of aryl methyl sites for hydroxylation is 1. The number of nitrogens with zero attached hydrogens (tertiary/aromatic N) is 2. The molecule has 0 spiro atoms. The lowest BCUT2D eigenvalue weighted by Crippen LogP contribution is -2.47. The van der Waals surface area contributed by atoms with Gasteiger partial charge in [0.2, 0.25) is 10.0 Å². The maximum Gasteiger partial charge on any atom is 0.254 e. The molecule has 8 heteroatoms. The van der Waals surface area contributed by atoms with Crippen molar-refractivity contribution in [3.05, 3.63) is 89.5 Å². The van der Waals surface area contributed by atoms with E-state index in [9.17, 15) is 18.3 Å². The summed E-state index contributed by atoms with van der Waals surface area (Å²) < 4.78 is 34.7. The van der Waals surface area contributed by atoms with E-state index in [4.69, 9.17) is 4.74 Å². The highest BCUT2D eigenvalue weighted by atomic mass is 32.2. The van der Waals surface area contributed by atoms with Crippen LogP contribution in [0.5, 0.6) is 0 Å². The predicted molar refractivity (Wildman–Crippen MR) is 148 cm³/mol. The van der Waals surface area contributed by atoms with E-state index in [0.717, 1.165) is 16.7 Å². The molecule has 0 radical (unpaired) electrons. The summed E-state index contributed by atoms with van der Waals surface area (Å²) in [5.74, 6) is -0.398. The molecule has 0 bridgehead atoms. The Balaban J connectivity index is 1.74. The van der Waals surface area contributed by atoms with Crippen molar-refractivity contribution in [1.29, 1.82) is 0 Å². The summed E-state index contributed by atoms with van der Waals surface area (Å²) in [6, 6.07) is 21.8. The zero-order valence-corrected chi connectivity index (χ0v) is 23.2. The first-order valence-corrected chi connectivity index (χ1v) is 14.3. The van der Waals surface area contributed by atoms with Crippen molar-refractivity contribution in [3.8, 4) is 11.1 Å². The molecule has 0 aromatic heterocycles. The van der Waals surface area contributed by atoms with Crippen molar-refractivity contribution in [2.75, 3.05) is 26.7 Å². The van der Waals surface area contributed by atoms with Gasteiger partial charge in [-0.05, 0) is 48.2 Å². The molecule has 0 unspecified atom stereocenters. The van der Waals surface area contributed by atoms with E-state index in [0.29, 0.717) is 17.7 Å². The zero-order chi connectivity index (χ0) is 27.4. The molecule has 3 atom stereocenters. The first kappa shape index (κ1) is 28.0. The molecule has 0 aliphatic carbocycles. The number of aliphatic hydroxyl groups excluding tert-OH is 1. The number of ether oxygens (including phenoxy) is 1. The van der Waals surface area contributed by atoms with E-state index < -0.39 is 22.2 Å². The van der Waals surface area contributed by atoms with Crippen LogP contribution in [0.4, 0.5) is 0 Å². The van der Waals surface area contributed by atoms with Gasteiger partial charge in [-0.1, -0.05) is 67.6 Å². The second-order valence-electron chi connectivity index (χ2n) is 10.1. The van der Waals surface area contributed by atoms with Crippen LogP contribution in [-0.2, 0) is 21.4 Å². The minimum Gasteiger partial charge on any atom is -0.394 e. The monoisotopic (exact) mass is 536 g/mol. The van der Waals surface area contributed by atoms with E-state index >= 15 is 0 Å². The standard InChI is InChI=1S/C30H36N2O5S/c1-21-11-5-10-16-29(21)38(35,36)31(4)18-28-22(2)17-32(23(3)19-33)30(34)27-15-9-8-14-26(27)25-13-7-6-12-24(25)20-37-28/h5-16,22-23,28,33H,17-20H2,1-4H3/t22-,23+,28-/m0/s1. The Morgan fingerprint density at radius 3 is 2.29 bits per heavy atom. The highest BCUT2D eigenvalue weighted by Gasteiger charge is 2.33. The van der Waals surface area contributed by atoms with Crippen LogP contribution in [0.15, 0.2) is 77.7 Å². The normalized spacial score (nSPS) is 19.4. The number of hydrogen-bond acceptors (Lipinski definition) is 5. The van der Waals surface area contributed by atoms with Crippen molar-refractivity contribution >= 4 is 15.9 Å². The Bertz CT molecular complexity index is 1390. The molecular weight excluding hydrogens is 500 g/mol. The zero-order valence-electron chi connectivity index (χ0n) is 22.4. The van der Waals surface area contributed by atoms with Gasteiger partial charge < -0.3 is 14.7 Å². The van der Waals surface area contributed by atoms with Crippen molar-refractivity contribution in [3.63, 3.8) is 0 Å². The Kier molecular flexibility index (Phi) is 8.67. The number of benzene rings is 3. The fourth-order valence-corrected chi connectivity index (χ4v) is 6.32. The number of aliphatic hydroxyl groups is 1. The molecular formula is C30H36N2O5S. The highest BCUT2D eigenvalue weighted by molar-refractivity contribution is 7.89. The average molecular weight is 537 g/mol. The number of likely N-dealkylation sites (N-methyl/N-ethyl adjacent to an activating group) is 1. The third-order valence-corrected chi connectivity index (χ3v) is 9.30. The summed E-state index contributed by atoms with van der Waals surface area (Å²) in [7, 11) is -2.19. The lowest BCUT2D eigenvalue weighted by atomic mass is 9.94. The lowest BCUT2D eigenvalue weighted by Gasteiger charge is -2.35. The average Bonchev–Trinajstić information content (AvgIpc) is 2.94. The summed E-state index contributed by atoms with van der Waals surface area (Å²) in [6.45, 7) is 6.04. The number of sulfonamides is 1. The van der Waals surface area contributed by atoms with Gasteiger partial charge in [-0.3, -0.25) is 4.79 Å². The first-order valence-electron chi connectivity index (χ1n) is 12.9. The molecule has 3 aromatic rings. The fraction of sp³-hybridized carbons (Fsp3) is 0.367. The van der Waals surface area contributed by atoms with Crippen LogP contribution in [-0.4, -0.2) is 67.5 Å². The Hall–Kier alpha value is -3.04. The van der Waals surface area contributed by atoms with E-state index in [1.165, 1.54) is 4.31 Å². The topological polar surface area (TPSA) is 87.2 Å². The molecule has 1 aliphatic heterocycles. The third kappa shape index (κ3) is 5.68. The SMILES string of the molecule is Cc1ccccc1S(=O)(=O)N(C)C[C@@H]1OCc2ccccc2-c2ccccc2C(=O)N([C@H](C)CO)C[C@@H]1C. The van der Waals surface area contributed by atoms with Crippen LogP contribution in [0.1, 0.15) is 35.3 Å². The minimum absolute atomic E-state index is 0.114. The molecule has 0 saturated carbocycles. The van der Waals surface area contributed by atoms with Crippen LogP contribution in [0.2, 0.25) is 0 Å². The third-order valence-electron chi connectivity index (χ3n) is 7.31. The minimum atomic E-state index is -3.75. The maximum absolute atomic E-state index is 13.9. The summed E-state index contributed by atoms with van der Waals surface area (Å²) in [4.78, 5) is 15.8. The van der Waals surface area contributed by atoms with E-state index in [1.807, 2.05) is 68.4 Å². The van der Waals surface area contributed by atoms with Gasteiger partial charge in [0, 0.05) is 31.6 Å². The molecule has 3 aromatic carbocycles. The highest BCUT2D eigenvalue weighted by Crippen LogP contribution is 2.31. The van der Waals surface area contributed by atoms with Gasteiger partial charge >= 0.3 is 0 Å². The summed E-state index contributed by atoms with van der Waals surface area (Å²) in [5.41, 5.74) is 3.85. The van der Waals surface area contributed by atoms with Crippen molar-refractivity contribution in [1.82, 2.24) is 9.21 Å². The second kappa shape index (κ2) is 11.8. The van der Waals surface area contributed by atoms with Gasteiger partial charge in [0.1, 0.15) is 0 Å².